The molecule has 3 fully saturated rings. The van der Waals surface area contributed by atoms with Crippen LogP contribution in [0.15, 0.2) is 41.5 Å². The molecule has 14 nitrogen and oxygen atoms in total. The van der Waals surface area contributed by atoms with Crippen LogP contribution in [0.25, 0.3) is 10.9 Å². The molecule has 3 aliphatic heterocycles. The van der Waals surface area contributed by atoms with E-state index in [2.05, 4.69) is 9.71 Å². The summed E-state index contributed by atoms with van der Waals surface area (Å²) in [6.45, 7) is 7.08. The normalized spacial score (nSPS) is 21.2. The second-order valence-corrected chi connectivity index (χ2v) is 15.3. The smallest absolute Gasteiger partial charge is 0.410 e. The third-order valence-corrected chi connectivity index (χ3v) is 10.6. The highest BCUT2D eigenvalue weighted by atomic mass is 32.2. The first-order chi connectivity index (χ1) is 23.2. The van der Waals surface area contributed by atoms with Crippen LogP contribution in [0.1, 0.15) is 58.1 Å². The summed E-state index contributed by atoms with van der Waals surface area (Å²) in [5.74, 6) is -1.34. The van der Waals surface area contributed by atoms with Crippen LogP contribution in [0.3, 0.4) is 0 Å². The van der Waals surface area contributed by atoms with E-state index < -0.39 is 33.0 Å². The first-order valence-electron chi connectivity index (χ1n) is 16.0. The number of carbonyl (C=O) groups excluding carboxylic acids is 1. The summed E-state index contributed by atoms with van der Waals surface area (Å²) in [7, 11) is -2.57. The zero-order valence-electron chi connectivity index (χ0n) is 27.8. The number of likely N-dealkylation sites (tertiary alicyclic amines) is 1. The highest BCUT2D eigenvalue weighted by molar-refractivity contribution is 7.90. The molecule has 4 heterocycles. The van der Waals surface area contributed by atoms with E-state index in [1.54, 1.807) is 11.0 Å². The molecule has 49 heavy (non-hydrogen) atoms. The summed E-state index contributed by atoms with van der Waals surface area (Å²) in [5, 5.41) is 10.1. The molecule has 2 atom stereocenters. The first kappa shape index (κ1) is 34.6. The second kappa shape index (κ2) is 13.2. The summed E-state index contributed by atoms with van der Waals surface area (Å²) < 4.78 is 69.1. The maximum Gasteiger partial charge on any atom is 0.410 e. The molecule has 0 bridgehead atoms. The van der Waals surface area contributed by atoms with Gasteiger partial charge in [-0.15, -0.1) is 0 Å². The van der Waals surface area contributed by atoms with Gasteiger partial charge in [0.15, 0.2) is 11.6 Å². The molecule has 1 N–H and O–H groups in total. The molecule has 1 unspecified atom stereocenters. The van der Waals surface area contributed by atoms with Gasteiger partial charge in [-0.2, -0.15) is 18.0 Å². The van der Waals surface area contributed by atoms with Crippen molar-refractivity contribution >= 4 is 32.9 Å². The molecule has 1 spiro atoms. The number of hydrogen-bond donors (Lipinski definition) is 1. The molecule has 1 aromatic heterocycles. The molecule has 2 aromatic carbocycles. The van der Waals surface area contributed by atoms with E-state index in [1.165, 1.54) is 34.4 Å². The molecule has 16 heteroatoms. The van der Waals surface area contributed by atoms with Crippen LogP contribution in [-0.2, 0) is 24.4 Å². The van der Waals surface area contributed by atoms with Crippen molar-refractivity contribution in [1.29, 1.82) is 5.26 Å². The highest BCUT2D eigenvalue weighted by Crippen LogP contribution is 2.41. The van der Waals surface area contributed by atoms with Crippen LogP contribution in [0.5, 0.6) is 11.5 Å². The van der Waals surface area contributed by atoms with E-state index in [0.717, 1.165) is 12.1 Å². The fraction of sp³-hybridized carbons (Fsp3) is 0.515. The summed E-state index contributed by atoms with van der Waals surface area (Å²) in [6.07, 6.45) is 3.14. The number of halogens is 1. The van der Waals surface area contributed by atoms with Crippen molar-refractivity contribution in [2.45, 2.75) is 69.8 Å². The Morgan fingerprint density at radius 1 is 1.18 bits per heavy atom. The molecule has 1 amide bonds. The number of nitriles is 1. The van der Waals surface area contributed by atoms with E-state index in [9.17, 15) is 23.3 Å². The van der Waals surface area contributed by atoms with Gasteiger partial charge in [0, 0.05) is 33.3 Å². The Balaban J connectivity index is 1.20. The Kier molecular flexibility index (Phi) is 9.31. The lowest BCUT2D eigenvalue weighted by molar-refractivity contribution is -0.0486. The van der Waals surface area contributed by atoms with Gasteiger partial charge in [0.1, 0.15) is 23.0 Å². The van der Waals surface area contributed by atoms with Gasteiger partial charge >= 0.3 is 16.3 Å². The number of piperidine rings is 1. The molecule has 3 aromatic rings. The fourth-order valence-corrected chi connectivity index (χ4v) is 7.78. The number of fused-ring (bicyclic) bond motifs is 1. The van der Waals surface area contributed by atoms with Gasteiger partial charge in [0.2, 0.25) is 0 Å². The van der Waals surface area contributed by atoms with Crippen molar-refractivity contribution in [1.82, 2.24) is 18.8 Å². The Morgan fingerprint density at radius 3 is 2.61 bits per heavy atom. The quantitative estimate of drug-likeness (QED) is 0.376. The fourth-order valence-electron chi connectivity index (χ4n) is 6.49. The summed E-state index contributed by atoms with van der Waals surface area (Å²) in [4.78, 5) is 32.4. The summed E-state index contributed by atoms with van der Waals surface area (Å²) >= 11 is 0. The van der Waals surface area contributed by atoms with Gasteiger partial charge in [-0.25, -0.2) is 14.2 Å². The minimum Gasteiger partial charge on any atom is -0.453 e. The minimum absolute atomic E-state index is 0.0516. The van der Waals surface area contributed by atoms with E-state index >= 15 is 4.39 Å². The number of hydrogen-bond acceptors (Lipinski definition) is 10. The van der Waals surface area contributed by atoms with Crippen molar-refractivity contribution in [2.24, 2.45) is 0 Å². The van der Waals surface area contributed by atoms with E-state index in [-0.39, 0.29) is 59.3 Å². The van der Waals surface area contributed by atoms with E-state index in [1.807, 2.05) is 26.8 Å². The molecule has 262 valence electrons. The van der Waals surface area contributed by atoms with Crippen LogP contribution >= 0.6 is 0 Å². The van der Waals surface area contributed by atoms with Crippen LogP contribution in [-0.4, -0.2) is 90.5 Å². The second-order valence-electron chi connectivity index (χ2n) is 13.6. The number of amides is 1. The predicted octanol–water partition coefficient (Wildman–Crippen LogP) is 4.31. The van der Waals surface area contributed by atoms with Crippen LogP contribution in [0.4, 0.5) is 14.9 Å². The Labute approximate surface area is 283 Å². The molecule has 0 aliphatic carbocycles. The minimum atomic E-state index is -4.07. The van der Waals surface area contributed by atoms with Crippen molar-refractivity contribution in [3.05, 3.63) is 58.4 Å². The van der Waals surface area contributed by atoms with Crippen molar-refractivity contribution in [3.8, 4) is 17.6 Å². The molecule has 6 rings (SSSR count). The van der Waals surface area contributed by atoms with Gasteiger partial charge < -0.3 is 23.8 Å². The van der Waals surface area contributed by atoms with Crippen LogP contribution < -0.4 is 15.0 Å². The van der Waals surface area contributed by atoms with Gasteiger partial charge in [0.25, 0.3) is 5.56 Å². The first-order valence-corrected chi connectivity index (χ1v) is 17.5. The average Bonchev–Trinajstić information content (AvgIpc) is 3.71. The largest absolute Gasteiger partial charge is 0.453 e. The van der Waals surface area contributed by atoms with Gasteiger partial charge in [-0.1, -0.05) is 0 Å². The number of rotatable bonds is 7. The highest BCUT2D eigenvalue weighted by Gasteiger charge is 2.45. The lowest BCUT2D eigenvalue weighted by Crippen LogP contribution is -2.48. The molecule has 3 aliphatic rings. The Bertz CT molecular complexity index is 1970. The SMILES string of the molecule is CO[C@@H]1CCN(S(=O)(=O)Nc2ccc(F)c(Oc3ccc4ncn(C5COC6(CCN(C(=O)OC(C)(C)C)CC6)C5)c(=O)c4c3)c2C#N)C1. The molecule has 0 saturated carbocycles. The van der Waals surface area contributed by atoms with Gasteiger partial charge in [0.05, 0.1) is 47.3 Å². The summed E-state index contributed by atoms with van der Waals surface area (Å²) in [6, 6.07) is 8.14. The molecule has 3 saturated heterocycles. The van der Waals surface area contributed by atoms with Gasteiger partial charge in [-0.05, 0) is 76.8 Å². The topological polar surface area (TPSA) is 165 Å². The monoisotopic (exact) mass is 698 g/mol. The van der Waals surface area contributed by atoms with Gasteiger partial charge in [-0.3, -0.25) is 14.1 Å². The Morgan fingerprint density at radius 2 is 1.94 bits per heavy atom. The van der Waals surface area contributed by atoms with Crippen molar-refractivity contribution < 1.29 is 36.6 Å². The van der Waals surface area contributed by atoms with E-state index in [0.29, 0.717) is 50.9 Å². The molecular formula is C33H39FN6O8S. The number of nitrogens with one attached hydrogen (secondary N) is 1. The van der Waals surface area contributed by atoms with Crippen molar-refractivity contribution in [3.63, 3.8) is 0 Å². The molecular weight excluding hydrogens is 659 g/mol. The number of aromatic nitrogens is 2. The maximum absolute atomic E-state index is 15.1. The third-order valence-electron chi connectivity index (χ3n) is 9.12. The van der Waals surface area contributed by atoms with Crippen LogP contribution in [0, 0.1) is 17.1 Å². The number of methoxy groups -OCH3 is 1. The number of ether oxygens (including phenoxy) is 4. The zero-order chi connectivity index (χ0) is 35.1. The summed E-state index contributed by atoms with van der Waals surface area (Å²) in [5.41, 5.74) is -1.56. The van der Waals surface area contributed by atoms with Crippen molar-refractivity contribution in [2.75, 3.05) is 44.6 Å². The van der Waals surface area contributed by atoms with Crippen LogP contribution in [0.2, 0.25) is 0 Å². The molecule has 0 radical (unpaired) electrons. The van der Waals surface area contributed by atoms with E-state index in [4.69, 9.17) is 18.9 Å². The third kappa shape index (κ3) is 7.20. The number of carbonyl (C=O) groups is 1. The lowest BCUT2D eigenvalue weighted by atomic mass is 9.87. The zero-order valence-corrected chi connectivity index (χ0v) is 28.6. The maximum atomic E-state index is 15.1. The lowest BCUT2D eigenvalue weighted by Gasteiger charge is -2.39. The number of nitrogens with zero attached hydrogens (tertiary/aromatic N) is 5. The predicted molar refractivity (Wildman–Crippen MR) is 176 cm³/mol. The standard InChI is InChI=1S/C33H39FN6O8S/c1-32(2,3)48-31(42)38-13-10-33(11-14-38)16-21(19-46-33)40-20-36-27-7-5-22(15-24(27)30(40)41)47-29-25(17-35)28(8-6-26(29)34)37-49(43,44)39-12-9-23(18-39)45-4/h5-8,15,20-21,23,37H,9-14,16,18-19H2,1-4H3/t21?,23-/m1/s1. The number of benzene rings is 2. The average molecular weight is 699 g/mol. The Hall–Kier alpha value is -4.30. The number of anilines is 1.